The lowest BCUT2D eigenvalue weighted by Gasteiger charge is -2.17. The van der Waals surface area contributed by atoms with Gasteiger partial charge in [-0.1, -0.05) is 17.7 Å². The van der Waals surface area contributed by atoms with Crippen LogP contribution in [0.5, 0.6) is 5.75 Å². The first-order chi connectivity index (χ1) is 6.53. The largest absolute Gasteiger partial charge is 0.444 e. The van der Waals surface area contributed by atoms with E-state index in [9.17, 15) is 0 Å². The highest BCUT2D eigenvalue weighted by molar-refractivity contribution is 8.09. The van der Waals surface area contributed by atoms with Crippen molar-refractivity contribution in [3.63, 3.8) is 0 Å². The summed E-state index contributed by atoms with van der Waals surface area (Å²) in [6, 6.07) is 7.82. The molecule has 0 aliphatic heterocycles. The van der Waals surface area contributed by atoms with E-state index in [2.05, 4.69) is 0 Å². The van der Waals surface area contributed by atoms with Crippen molar-refractivity contribution in [1.29, 1.82) is 0 Å². The number of aryl methyl sites for hydroxylation is 1. The minimum absolute atomic E-state index is 0.597. The summed E-state index contributed by atoms with van der Waals surface area (Å²) in [4.78, 5) is 0. The van der Waals surface area contributed by atoms with Gasteiger partial charge in [0.1, 0.15) is 5.75 Å². The molecule has 14 heavy (non-hydrogen) atoms. The zero-order valence-corrected chi connectivity index (χ0v) is 10.4. The second kappa shape index (κ2) is 4.92. The van der Waals surface area contributed by atoms with Crippen molar-refractivity contribution >= 4 is 18.3 Å². The van der Waals surface area contributed by atoms with Crippen LogP contribution >= 0.6 is 6.49 Å². The molecule has 1 aromatic carbocycles. The molecule has 0 bridgehead atoms. The molecule has 1 atom stereocenters. The van der Waals surface area contributed by atoms with Crippen LogP contribution in [0.4, 0.5) is 0 Å². The first-order valence-corrected chi connectivity index (χ1v) is 7.60. The molecule has 0 saturated carbocycles. The summed E-state index contributed by atoms with van der Waals surface area (Å²) in [6.45, 7) is 4.30. The van der Waals surface area contributed by atoms with E-state index in [-0.39, 0.29) is 0 Å². The molecule has 0 spiro atoms. The molecule has 1 unspecified atom stereocenters. The smallest absolute Gasteiger partial charge is 0.235 e. The quantitative estimate of drug-likeness (QED) is 0.739. The fourth-order valence-corrected chi connectivity index (χ4v) is 2.65. The van der Waals surface area contributed by atoms with Crippen LogP contribution in [-0.2, 0) is 16.3 Å². The average molecular weight is 230 g/mol. The van der Waals surface area contributed by atoms with Gasteiger partial charge in [0.2, 0.25) is 6.49 Å². The van der Waals surface area contributed by atoms with Gasteiger partial charge in [-0.05, 0) is 37.8 Å². The van der Waals surface area contributed by atoms with Gasteiger partial charge in [0.25, 0.3) is 0 Å². The van der Waals surface area contributed by atoms with Gasteiger partial charge in [-0.15, -0.1) is 0 Å². The summed E-state index contributed by atoms with van der Waals surface area (Å²) < 4.78 is 11.0. The number of hydrogen-bond donors (Lipinski definition) is 0. The number of rotatable bonds is 4. The van der Waals surface area contributed by atoms with Crippen molar-refractivity contribution in [2.75, 3.05) is 13.3 Å². The van der Waals surface area contributed by atoms with E-state index in [0.717, 1.165) is 5.75 Å². The van der Waals surface area contributed by atoms with Crippen molar-refractivity contribution in [2.24, 2.45) is 0 Å². The molecular formula is C10H15O2PS. The fraction of sp³-hybridized carbons (Fsp3) is 0.400. The summed E-state index contributed by atoms with van der Waals surface area (Å²) in [7, 11) is 0. The van der Waals surface area contributed by atoms with Gasteiger partial charge < -0.3 is 9.05 Å². The fourth-order valence-electron chi connectivity index (χ4n) is 1.05. The minimum atomic E-state index is -2.10. The highest BCUT2D eigenvalue weighted by Gasteiger charge is 2.11. The molecule has 0 heterocycles. The van der Waals surface area contributed by atoms with Gasteiger partial charge in [-0.2, -0.15) is 0 Å². The Hall–Kier alpha value is -0.370. The van der Waals surface area contributed by atoms with E-state index >= 15 is 0 Å². The van der Waals surface area contributed by atoms with Crippen molar-refractivity contribution in [2.45, 2.75) is 13.8 Å². The zero-order valence-electron chi connectivity index (χ0n) is 8.69. The standard InChI is InChI=1S/C10H15O2PS/c1-4-11-13(3,14)12-10-7-5-9(2)6-8-10/h5-8H,4H2,1-3H3. The second-order valence-corrected chi connectivity index (χ2v) is 7.07. The first kappa shape index (κ1) is 11.7. The van der Waals surface area contributed by atoms with Crippen LogP contribution in [0.3, 0.4) is 0 Å². The lowest BCUT2D eigenvalue weighted by Crippen LogP contribution is -1.95. The van der Waals surface area contributed by atoms with Crippen LogP contribution in [0.25, 0.3) is 0 Å². The third-order valence-corrected chi connectivity index (χ3v) is 3.47. The normalized spacial score (nSPS) is 14.8. The molecule has 78 valence electrons. The van der Waals surface area contributed by atoms with Gasteiger partial charge in [0.15, 0.2) is 0 Å². The Morgan fingerprint density at radius 2 is 1.86 bits per heavy atom. The maximum Gasteiger partial charge on any atom is 0.235 e. The Morgan fingerprint density at radius 1 is 1.29 bits per heavy atom. The lowest BCUT2D eigenvalue weighted by molar-refractivity contribution is 0.335. The van der Waals surface area contributed by atoms with Crippen molar-refractivity contribution in [1.82, 2.24) is 0 Å². The van der Waals surface area contributed by atoms with Crippen molar-refractivity contribution in [3.05, 3.63) is 29.8 Å². The van der Waals surface area contributed by atoms with E-state index in [0.29, 0.717) is 6.61 Å². The number of benzene rings is 1. The van der Waals surface area contributed by atoms with Crippen LogP contribution in [0, 0.1) is 6.92 Å². The Morgan fingerprint density at radius 3 is 2.36 bits per heavy atom. The molecule has 4 heteroatoms. The maximum absolute atomic E-state index is 5.60. The SMILES string of the molecule is CCOP(C)(=S)Oc1ccc(C)cc1. The van der Waals surface area contributed by atoms with Gasteiger partial charge in [-0.3, -0.25) is 0 Å². The molecular weight excluding hydrogens is 215 g/mol. The molecule has 0 aliphatic carbocycles. The van der Waals surface area contributed by atoms with Crippen LogP contribution in [0.15, 0.2) is 24.3 Å². The van der Waals surface area contributed by atoms with Crippen LogP contribution in [0.2, 0.25) is 0 Å². The van der Waals surface area contributed by atoms with Crippen LogP contribution in [0.1, 0.15) is 12.5 Å². The van der Waals surface area contributed by atoms with E-state index in [1.807, 2.05) is 44.8 Å². The Balaban J connectivity index is 2.69. The van der Waals surface area contributed by atoms with Crippen LogP contribution < -0.4 is 4.52 Å². The summed E-state index contributed by atoms with van der Waals surface area (Å²) in [5.74, 6) is 0.787. The summed E-state index contributed by atoms with van der Waals surface area (Å²) >= 11 is 5.22. The first-order valence-electron chi connectivity index (χ1n) is 4.52. The molecule has 0 aliphatic rings. The maximum atomic E-state index is 5.60. The summed E-state index contributed by atoms with van der Waals surface area (Å²) in [6.07, 6.45) is 0. The molecule has 0 fully saturated rings. The Labute approximate surface area is 90.4 Å². The molecule has 1 aromatic rings. The highest BCUT2D eigenvalue weighted by atomic mass is 32.5. The molecule has 0 amide bonds. The van der Waals surface area contributed by atoms with Gasteiger partial charge >= 0.3 is 0 Å². The number of hydrogen-bond acceptors (Lipinski definition) is 3. The second-order valence-electron chi connectivity index (χ2n) is 3.09. The predicted molar refractivity (Wildman–Crippen MR) is 63.6 cm³/mol. The minimum Gasteiger partial charge on any atom is -0.444 e. The molecule has 0 N–H and O–H groups in total. The molecule has 0 aromatic heterocycles. The molecule has 2 nitrogen and oxygen atoms in total. The third kappa shape index (κ3) is 3.79. The van der Waals surface area contributed by atoms with Crippen molar-refractivity contribution in [3.8, 4) is 5.75 Å². The summed E-state index contributed by atoms with van der Waals surface area (Å²) in [5, 5.41) is 0. The van der Waals surface area contributed by atoms with Crippen molar-refractivity contribution < 1.29 is 9.05 Å². The van der Waals surface area contributed by atoms with E-state index in [1.165, 1.54) is 5.56 Å². The van der Waals surface area contributed by atoms with Gasteiger partial charge in [0.05, 0.1) is 6.61 Å². The lowest BCUT2D eigenvalue weighted by atomic mass is 10.2. The molecule has 1 rings (SSSR count). The highest BCUT2D eigenvalue weighted by Crippen LogP contribution is 2.44. The van der Waals surface area contributed by atoms with Crippen LogP contribution in [-0.4, -0.2) is 13.3 Å². The predicted octanol–water partition coefficient (Wildman–Crippen LogP) is 3.35. The van der Waals surface area contributed by atoms with Gasteiger partial charge in [0, 0.05) is 6.66 Å². The Kier molecular flexibility index (Phi) is 4.11. The zero-order chi connectivity index (χ0) is 10.6. The van der Waals surface area contributed by atoms with Gasteiger partial charge in [-0.25, -0.2) is 0 Å². The average Bonchev–Trinajstić information content (AvgIpc) is 2.08. The van der Waals surface area contributed by atoms with E-state index in [1.54, 1.807) is 0 Å². The van der Waals surface area contributed by atoms with E-state index in [4.69, 9.17) is 20.9 Å². The molecule has 0 saturated heterocycles. The topological polar surface area (TPSA) is 18.5 Å². The monoisotopic (exact) mass is 230 g/mol. The third-order valence-electron chi connectivity index (χ3n) is 1.66. The molecule has 0 radical (unpaired) electrons. The summed E-state index contributed by atoms with van der Waals surface area (Å²) in [5.41, 5.74) is 1.21. The Bertz CT molecular complexity index is 334. The van der Waals surface area contributed by atoms with E-state index < -0.39 is 6.49 Å².